The maximum absolute atomic E-state index is 11.4. The van der Waals surface area contributed by atoms with Crippen molar-refractivity contribution in [2.24, 2.45) is 0 Å². The van der Waals surface area contributed by atoms with Crippen LogP contribution >= 0.6 is 0 Å². The highest BCUT2D eigenvalue weighted by molar-refractivity contribution is 5.96. The van der Waals surface area contributed by atoms with Crippen LogP contribution in [0.25, 0.3) is 22.3 Å². The van der Waals surface area contributed by atoms with Crippen molar-refractivity contribution in [2.45, 2.75) is 27.7 Å². The summed E-state index contributed by atoms with van der Waals surface area (Å²) in [6.07, 6.45) is 0. The normalized spacial score (nSPS) is 9.85. The second-order valence-corrected chi connectivity index (χ2v) is 5.81. The van der Waals surface area contributed by atoms with Gasteiger partial charge in [0.05, 0.1) is 0 Å². The molecule has 0 aliphatic heterocycles. The van der Waals surface area contributed by atoms with Gasteiger partial charge in [-0.25, -0.2) is 0 Å². The topological polar surface area (TPSA) is 34.1 Å². The van der Waals surface area contributed by atoms with Crippen LogP contribution in [0.3, 0.4) is 0 Å². The molecule has 0 amide bonds. The number of Topliss-reactive ketones (excluding diaryl/α,β-unsaturated/α-hetero) is 2. The summed E-state index contributed by atoms with van der Waals surface area (Å²) in [6.45, 7) is 7.14. The molecule has 0 radical (unpaired) electrons. The van der Waals surface area contributed by atoms with Gasteiger partial charge in [0.1, 0.15) is 0 Å². The van der Waals surface area contributed by atoms with Crippen LogP contribution in [0.4, 0.5) is 0 Å². The SMILES string of the molecule is CC.CC(=O)c1ccc(-c2ccccc2-c2ccc(C(C)=O)cc2)cc1. The Labute approximate surface area is 155 Å². The molecule has 0 aliphatic carbocycles. The average molecular weight is 344 g/mol. The Kier molecular flexibility index (Phi) is 6.62. The third-order valence-electron chi connectivity index (χ3n) is 4.13. The van der Waals surface area contributed by atoms with Gasteiger partial charge < -0.3 is 0 Å². The number of carbonyl (C=O) groups excluding carboxylic acids is 2. The molecular weight excluding hydrogens is 320 g/mol. The van der Waals surface area contributed by atoms with Gasteiger partial charge in [-0.2, -0.15) is 0 Å². The summed E-state index contributed by atoms with van der Waals surface area (Å²) in [5, 5.41) is 0. The summed E-state index contributed by atoms with van der Waals surface area (Å²) in [5.74, 6) is 0.129. The molecule has 26 heavy (non-hydrogen) atoms. The van der Waals surface area contributed by atoms with Crippen molar-refractivity contribution in [1.82, 2.24) is 0 Å². The number of benzene rings is 3. The summed E-state index contributed by atoms with van der Waals surface area (Å²) < 4.78 is 0. The molecule has 3 aromatic carbocycles. The molecule has 132 valence electrons. The highest BCUT2D eigenvalue weighted by atomic mass is 16.1. The van der Waals surface area contributed by atoms with Crippen LogP contribution < -0.4 is 0 Å². The van der Waals surface area contributed by atoms with Gasteiger partial charge in [-0.1, -0.05) is 86.6 Å². The summed E-state index contributed by atoms with van der Waals surface area (Å²) in [4.78, 5) is 22.9. The third-order valence-corrected chi connectivity index (χ3v) is 4.13. The van der Waals surface area contributed by atoms with Crippen molar-refractivity contribution in [3.63, 3.8) is 0 Å². The molecule has 0 N–H and O–H groups in total. The lowest BCUT2D eigenvalue weighted by Gasteiger charge is -2.11. The van der Waals surface area contributed by atoms with E-state index in [9.17, 15) is 9.59 Å². The quantitative estimate of drug-likeness (QED) is 0.509. The molecule has 3 aromatic rings. The molecule has 0 aromatic heterocycles. The fraction of sp³-hybridized carbons (Fsp3) is 0.167. The Morgan fingerprint density at radius 1 is 0.538 bits per heavy atom. The van der Waals surface area contributed by atoms with Crippen molar-refractivity contribution >= 4 is 11.6 Å². The first-order chi connectivity index (χ1) is 12.6. The molecule has 2 heteroatoms. The lowest BCUT2D eigenvalue weighted by Crippen LogP contribution is -1.93. The van der Waals surface area contributed by atoms with E-state index in [0.29, 0.717) is 11.1 Å². The van der Waals surface area contributed by atoms with Crippen LogP contribution in [0.5, 0.6) is 0 Å². The highest BCUT2D eigenvalue weighted by Gasteiger charge is 2.08. The first-order valence-electron chi connectivity index (χ1n) is 8.88. The van der Waals surface area contributed by atoms with E-state index in [4.69, 9.17) is 0 Å². The van der Waals surface area contributed by atoms with Crippen LogP contribution in [0.1, 0.15) is 48.4 Å². The molecule has 0 unspecified atom stereocenters. The number of ketones is 2. The number of carbonyl (C=O) groups is 2. The summed E-state index contributed by atoms with van der Waals surface area (Å²) in [5.41, 5.74) is 5.74. The Bertz CT molecular complexity index is 812. The predicted octanol–water partition coefficient (Wildman–Crippen LogP) is 6.45. The van der Waals surface area contributed by atoms with Crippen molar-refractivity contribution in [3.8, 4) is 22.3 Å². The molecule has 0 saturated carbocycles. The van der Waals surface area contributed by atoms with Gasteiger partial charge >= 0.3 is 0 Å². The summed E-state index contributed by atoms with van der Waals surface area (Å²) >= 11 is 0. The van der Waals surface area contributed by atoms with Crippen LogP contribution in [0.15, 0.2) is 72.8 Å². The highest BCUT2D eigenvalue weighted by Crippen LogP contribution is 2.32. The minimum Gasteiger partial charge on any atom is -0.295 e. The zero-order valence-corrected chi connectivity index (χ0v) is 15.7. The van der Waals surface area contributed by atoms with Gasteiger partial charge in [-0.05, 0) is 36.1 Å². The monoisotopic (exact) mass is 344 g/mol. The smallest absolute Gasteiger partial charge is 0.159 e. The fourth-order valence-electron chi connectivity index (χ4n) is 2.76. The second kappa shape index (κ2) is 8.91. The molecule has 0 atom stereocenters. The predicted molar refractivity (Wildman–Crippen MR) is 109 cm³/mol. The van der Waals surface area contributed by atoms with Crippen molar-refractivity contribution in [3.05, 3.63) is 83.9 Å². The number of hydrogen-bond donors (Lipinski definition) is 0. The third kappa shape index (κ3) is 4.34. The molecule has 2 nitrogen and oxygen atoms in total. The second-order valence-electron chi connectivity index (χ2n) is 5.81. The molecule has 3 rings (SSSR count). The van der Waals surface area contributed by atoms with Gasteiger partial charge in [0.15, 0.2) is 11.6 Å². The maximum Gasteiger partial charge on any atom is 0.159 e. The molecule has 0 heterocycles. The van der Waals surface area contributed by atoms with Crippen LogP contribution in [-0.4, -0.2) is 11.6 Å². The minimum atomic E-state index is 0.0645. The van der Waals surface area contributed by atoms with Gasteiger partial charge in [-0.3, -0.25) is 9.59 Å². The van der Waals surface area contributed by atoms with Gasteiger partial charge in [0.2, 0.25) is 0 Å². The summed E-state index contributed by atoms with van der Waals surface area (Å²) in [6, 6.07) is 23.4. The molecule has 0 fully saturated rings. The molecule has 0 bridgehead atoms. The van der Waals surface area contributed by atoms with Crippen LogP contribution in [-0.2, 0) is 0 Å². The van der Waals surface area contributed by atoms with Crippen LogP contribution in [0.2, 0.25) is 0 Å². The van der Waals surface area contributed by atoms with E-state index < -0.39 is 0 Å². The number of rotatable bonds is 4. The number of hydrogen-bond acceptors (Lipinski definition) is 2. The zero-order valence-electron chi connectivity index (χ0n) is 15.7. The van der Waals surface area contributed by atoms with Gasteiger partial charge in [0, 0.05) is 11.1 Å². The first-order valence-corrected chi connectivity index (χ1v) is 8.88. The largest absolute Gasteiger partial charge is 0.295 e. The lowest BCUT2D eigenvalue weighted by atomic mass is 9.93. The van der Waals surface area contributed by atoms with E-state index in [2.05, 4.69) is 12.1 Å². The van der Waals surface area contributed by atoms with E-state index in [1.807, 2.05) is 74.5 Å². The van der Waals surface area contributed by atoms with Crippen molar-refractivity contribution in [1.29, 1.82) is 0 Å². The minimum absolute atomic E-state index is 0.0645. The van der Waals surface area contributed by atoms with E-state index in [1.54, 1.807) is 13.8 Å². The first kappa shape index (κ1) is 19.3. The Morgan fingerprint density at radius 2 is 0.846 bits per heavy atom. The Morgan fingerprint density at radius 3 is 1.12 bits per heavy atom. The molecular formula is C24H24O2. The standard InChI is InChI=1S/C22H18O2.C2H6/c1-15(23)17-7-11-19(12-8-17)21-5-3-4-6-22(21)20-13-9-18(10-14-20)16(2)24;1-2/h3-14H,1-2H3;1-2H3. The van der Waals surface area contributed by atoms with Crippen LogP contribution in [0, 0.1) is 0 Å². The van der Waals surface area contributed by atoms with E-state index in [1.165, 1.54) is 0 Å². The molecule has 0 spiro atoms. The molecule has 0 aliphatic rings. The van der Waals surface area contributed by atoms with E-state index in [-0.39, 0.29) is 11.6 Å². The fourth-order valence-corrected chi connectivity index (χ4v) is 2.76. The average Bonchev–Trinajstić information content (AvgIpc) is 2.69. The molecule has 0 saturated heterocycles. The maximum atomic E-state index is 11.4. The van der Waals surface area contributed by atoms with Gasteiger partial charge in [-0.15, -0.1) is 0 Å². The zero-order chi connectivity index (χ0) is 19.1. The van der Waals surface area contributed by atoms with Crippen molar-refractivity contribution < 1.29 is 9.59 Å². The van der Waals surface area contributed by atoms with Gasteiger partial charge in [0.25, 0.3) is 0 Å². The summed E-state index contributed by atoms with van der Waals surface area (Å²) in [7, 11) is 0. The Balaban J connectivity index is 0.00000117. The van der Waals surface area contributed by atoms with Crippen molar-refractivity contribution in [2.75, 3.05) is 0 Å². The van der Waals surface area contributed by atoms with E-state index >= 15 is 0 Å². The Hall–Kier alpha value is -3.00. The lowest BCUT2D eigenvalue weighted by molar-refractivity contribution is 0.100. The van der Waals surface area contributed by atoms with E-state index in [0.717, 1.165) is 22.3 Å².